The van der Waals surface area contributed by atoms with E-state index in [1.54, 1.807) is 0 Å². The van der Waals surface area contributed by atoms with Gasteiger partial charge in [-0.1, -0.05) is 6.92 Å². The smallest absolute Gasteiger partial charge is 0.224 e. The summed E-state index contributed by atoms with van der Waals surface area (Å²) in [5, 5.41) is 5.83. The molecule has 2 rings (SSSR count). The van der Waals surface area contributed by atoms with Crippen LogP contribution in [0, 0.1) is 23.5 Å². The van der Waals surface area contributed by atoms with Crippen LogP contribution in [0.15, 0.2) is 18.2 Å². The second kappa shape index (κ2) is 8.29. The second-order valence-corrected chi connectivity index (χ2v) is 5.46. The molecule has 1 aliphatic heterocycles. The Morgan fingerprint density at radius 2 is 2.24 bits per heavy atom. The Morgan fingerprint density at radius 3 is 2.86 bits per heavy atom. The molecule has 1 fully saturated rings. The normalized spacial score (nSPS) is 19.5. The van der Waals surface area contributed by atoms with Crippen LogP contribution in [-0.2, 0) is 4.79 Å². The van der Waals surface area contributed by atoms with Gasteiger partial charge in [0.15, 0.2) is 0 Å². The number of nitrogens with one attached hydrogen (secondary N) is 2. The lowest BCUT2D eigenvalue weighted by atomic mass is 9.85. The maximum atomic E-state index is 13.4. The SMILES string of the molecule is CC(CC(=O)Nc1ccc(F)cc1F)C1CCCNC1.Cl. The Kier molecular flexibility index (Phi) is 7.05. The predicted molar refractivity (Wildman–Crippen MR) is 81.6 cm³/mol. The monoisotopic (exact) mass is 318 g/mol. The molecule has 0 aliphatic carbocycles. The van der Waals surface area contributed by atoms with Gasteiger partial charge in [-0.05, 0) is 49.9 Å². The highest BCUT2D eigenvalue weighted by Crippen LogP contribution is 2.23. The molecule has 1 heterocycles. The summed E-state index contributed by atoms with van der Waals surface area (Å²) in [6, 6.07) is 3.15. The van der Waals surface area contributed by atoms with Gasteiger partial charge < -0.3 is 10.6 Å². The lowest BCUT2D eigenvalue weighted by Gasteiger charge is -2.28. The average molecular weight is 319 g/mol. The van der Waals surface area contributed by atoms with Gasteiger partial charge in [-0.25, -0.2) is 8.78 Å². The summed E-state index contributed by atoms with van der Waals surface area (Å²) >= 11 is 0. The summed E-state index contributed by atoms with van der Waals surface area (Å²) < 4.78 is 26.2. The molecule has 2 unspecified atom stereocenters. The number of anilines is 1. The number of hydrogen-bond donors (Lipinski definition) is 2. The molecule has 1 amide bonds. The molecule has 0 radical (unpaired) electrons. The van der Waals surface area contributed by atoms with Gasteiger partial charge in [-0.2, -0.15) is 0 Å². The zero-order valence-electron chi connectivity index (χ0n) is 12.0. The molecule has 1 aromatic rings. The van der Waals surface area contributed by atoms with Crippen molar-refractivity contribution >= 4 is 24.0 Å². The summed E-state index contributed by atoms with van der Waals surface area (Å²) in [5.41, 5.74) is 0.0327. The molecule has 21 heavy (non-hydrogen) atoms. The van der Waals surface area contributed by atoms with Crippen LogP contribution in [-0.4, -0.2) is 19.0 Å². The lowest BCUT2D eigenvalue weighted by molar-refractivity contribution is -0.117. The first-order valence-corrected chi connectivity index (χ1v) is 7.02. The Bertz CT molecular complexity index is 479. The van der Waals surface area contributed by atoms with Crippen molar-refractivity contribution in [1.82, 2.24) is 5.32 Å². The minimum Gasteiger partial charge on any atom is -0.324 e. The highest BCUT2D eigenvalue weighted by atomic mass is 35.5. The molecule has 3 nitrogen and oxygen atoms in total. The van der Waals surface area contributed by atoms with Crippen LogP contribution < -0.4 is 10.6 Å². The van der Waals surface area contributed by atoms with E-state index in [1.807, 2.05) is 6.92 Å². The molecule has 118 valence electrons. The summed E-state index contributed by atoms with van der Waals surface area (Å²) in [5.74, 6) is -0.903. The fraction of sp³-hybridized carbons (Fsp3) is 0.533. The van der Waals surface area contributed by atoms with Gasteiger partial charge >= 0.3 is 0 Å². The number of carbonyl (C=O) groups is 1. The molecule has 2 N–H and O–H groups in total. The number of amides is 1. The highest BCUT2D eigenvalue weighted by Gasteiger charge is 2.22. The third kappa shape index (κ3) is 5.25. The van der Waals surface area contributed by atoms with Crippen molar-refractivity contribution in [2.24, 2.45) is 11.8 Å². The lowest BCUT2D eigenvalue weighted by Crippen LogP contribution is -2.34. The van der Waals surface area contributed by atoms with Crippen molar-refractivity contribution in [3.63, 3.8) is 0 Å². The van der Waals surface area contributed by atoms with E-state index in [9.17, 15) is 13.6 Å². The van der Waals surface area contributed by atoms with E-state index in [1.165, 1.54) is 6.07 Å². The topological polar surface area (TPSA) is 41.1 Å². The molecule has 1 aromatic carbocycles. The van der Waals surface area contributed by atoms with E-state index in [-0.39, 0.29) is 29.9 Å². The van der Waals surface area contributed by atoms with E-state index in [0.717, 1.165) is 38.1 Å². The van der Waals surface area contributed by atoms with Crippen LogP contribution in [0.3, 0.4) is 0 Å². The quantitative estimate of drug-likeness (QED) is 0.894. The number of benzene rings is 1. The molecular formula is C15H21ClF2N2O. The van der Waals surface area contributed by atoms with E-state index in [4.69, 9.17) is 0 Å². The summed E-state index contributed by atoms with van der Waals surface area (Å²) in [4.78, 5) is 11.9. The Hall–Kier alpha value is -1.20. The number of piperidine rings is 1. The zero-order chi connectivity index (χ0) is 14.5. The number of rotatable bonds is 4. The first kappa shape index (κ1) is 17.9. The molecule has 2 atom stereocenters. The summed E-state index contributed by atoms with van der Waals surface area (Å²) in [6.07, 6.45) is 2.60. The summed E-state index contributed by atoms with van der Waals surface area (Å²) in [6.45, 7) is 4.01. The van der Waals surface area contributed by atoms with E-state index in [2.05, 4.69) is 10.6 Å². The van der Waals surface area contributed by atoms with Gasteiger partial charge in [0.25, 0.3) is 0 Å². The van der Waals surface area contributed by atoms with Crippen molar-refractivity contribution < 1.29 is 13.6 Å². The summed E-state index contributed by atoms with van der Waals surface area (Å²) in [7, 11) is 0. The third-order valence-electron chi connectivity index (χ3n) is 3.85. The van der Waals surface area contributed by atoms with Crippen molar-refractivity contribution in [2.45, 2.75) is 26.2 Å². The predicted octanol–water partition coefficient (Wildman–Crippen LogP) is 3.35. The van der Waals surface area contributed by atoms with Gasteiger partial charge in [-0.15, -0.1) is 12.4 Å². The Morgan fingerprint density at radius 1 is 1.48 bits per heavy atom. The molecule has 1 saturated heterocycles. The van der Waals surface area contributed by atoms with E-state index in [0.29, 0.717) is 12.3 Å². The van der Waals surface area contributed by atoms with E-state index < -0.39 is 11.6 Å². The molecule has 0 saturated carbocycles. The molecule has 1 aliphatic rings. The second-order valence-electron chi connectivity index (χ2n) is 5.46. The van der Waals surface area contributed by atoms with Crippen LogP contribution in [0.2, 0.25) is 0 Å². The Balaban J connectivity index is 0.00000220. The van der Waals surface area contributed by atoms with Crippen LogP contribution in [0.1, 0.15) is 26.2 Å². The van der Waals surface area contributed by atoms with Gasteiger partial charge in [-0.3, -0.25) is 4.79 Å². The largest absolute Gasteiger partial charge is 0.324 e. The van der Waals surface area contributed by atoms with Crippen molar-refractivity contribution in [1.29, 1.82) is 0 Å². The van der Waals surface area contributed by atoms with Crippen LogP contribution in [0.5, 0.6) is 0 Å². The fourth-order valence-corrected chi connectivity index (χ4v) is 2.62. The third-order valence-corrected chi connectivity index (χ3v) is 3.85. The molecule has 0 bridgehead atoms. The minimum atomic E-state index is -0.745. The minimum absolute atomic E-state index is 0. The highest BCUT2D eigenvalue weighted by molar-refractivity contribution is 5.90. The first-order valence-electron chi connectivity index (χ1n) is 7.02. The maximum Gasteiger partial charge on any atom is 0.224 e. The molecule has 0 aromatic heterocycles. The number of hydrogen-bond acceptors (Lipinski definition) is 2. The fourth-order valence-electron chi connectivity index (χ4n) is 2.62. The number of halogens is 3. The molecule has 0 spiro atoms. The molecular weight excluding hydrogens is 298 g/mol. The first-order chi connectivity index (χ1) is 9.56. The van der Waals surface area contributed by atoms with Crippen LogP contribution >= 0.6 is 12.4 Å². The zero-order valence-corrected chi connectivity index (χ0v) is 12.8. The van der Waals surface area contributed by atoms with Crippen molar-refractivity contribution in [3.8, 4) is 0 Å². The van der Waals surface area contributed by atoms with Crippen LogP contribution in [0.25, 0.3) is 0 Å². The van der Waals surface area contributed by atoms with Crippen LogP contribution in [0.4, 0.5) is 14.5 Å². The standard InChI is InChI=1S/C15H20F2N2O.ClH/c1-10(11-3-2-6-18-9-11)7-15(20)19-14-5-4-12(16)8-13(14)17;/h4-5,8,10-11,18H,2-3,6-7,9H2,1H3,(H,19,20);1H. The number of carbonyl (C=O) groups excluding carboxylic acids is 1. The van der Waals surface area contributed by atoms with Gasteiger partial charge in [0.05, 0.1) is 5.69 Å². The average Bonchev–Trinajstić information content (AvgIpc) is 2.43. The molecule has 6 heteroatoms. The van der Waals surface area contributed by atoms with Crippen molar-refractivity contribution in [3.05, 3.63) is 29.8 Å². The van der Waals surface area contributed by atoms with Gasteiger partial charge in [0.1, 0.15) is 11.6 Å². The van der Waals surface area contributed by atoms with Gasteiger partial charge in [0.2, 0.25) is 5.91 Å². The maximum absolute atomic E-state index is 13.4. The van der Waals surface area contributed by atoms with E-state index >= 15 is 0 Å². The Labute approximate surface area is 129 Å². The van der Waals surface area contributed by atoms with Gasteiger partial charge in [0, 0.05) is 12.5 Å². The van der Waals surface area contributed by atoms with Crippen molar-refractivity contribution in [2.75, 3.05) is 18.4 Å².